The van der Waals surface area contributed by atoms with Gasteiger partial charge in [0.05, 0.1) is 47.2 Å². The van der Waals surface area contributed by atoms with Crippen LogP contribution in [0.25, 0.3) is 11.1 Å². The molecule has 6 rings (SSSR count). The number of hydrogen-bond acceptors (Lipinski definition) is 12. The van der Waals surface area contributed by atoms with Crippen molar-refractivity contribution in [2.45, 2.75) is 90.9 Å². The fourth-order valence-electron chi connectivity index (χ4n) is 6.51. The summed E-state index contributed by atoms with van der Waals surface area (Å²) in [5.74, 6) is 0.519. The number of aliphatic carboxylic acids is 2. The average Bonchev–Trinajstić information content (AvgIpc) is 4.14. The molecule has 0 bridgehead atoms. The lowest BCUT2D eigenvalue weighted by Gasteiger charge is -2.18. The van der Waals surface area contributed by atoms with Gasteiger partial charge < -0.3 is 50.0 Å². The molecule has 2 aliphatic carbocycles. The lowest BCUT2D eigenvalue weighted by Crippen LogP contribution is -2.28. The van der Waals surface area contributed by atoms with Crippen LogP contribution in [0.4, 0.5) is 0 Å². The van der Waals surface area contributed by atoms with E-state index in [1.807, 2.05) is 36.4 Å². The van der Waals surface area contributed by atoms with Crippen molar-refractivity contribution in [3.63, 3.8) is 0 Å². The number of pyridine rings is 2. The van der Waals surface area contributed by atoms with Crippen molar-refractivity contribution in [3.8, 4) is 34.6 Å². The molecule has 0 amide bonds. The molecule has 2 aromatic heterocycles. The number of carbonyl (C=O) groups is 2. The summed E-state index contributed by atoms with van der Waals surface area (Å²) in [4.78, 5) is 31.4. The highest BCUT2D eigenvalue weighted by Gasteiger charge is 2.25. The molecule has 2 saturated carbocycles. The average molecular weight is 957 g/mol. The van der Waals surface area contributed by atoms with E-state index in [2.05, 4.69) is 68.5 Å². The fraction of sp³-hybridized carbons (Fsp3) is 0.455. The van der Waals surface area contributed by atoms with E-state index in [1.54, 1.807) is 0 Å². The predicted octanol–water partition coefficient (Wildman–Crippen LogP) is 6.87. The lowest BCUT2D eigenvalue weighted by atomic mass is 9.92. The molecule has 2 heterocycles. The molecule has 2 aromatic carbocycles. The molecule has 0 spiro atoms. The van der Waals surface area contributed by atoms with Crippen molar-refractivity contribution in [1.82, 2.24) is 20.6 Å². The van der Waals surface area contributed by atoms with Crippen molar-refractivity contribution in [3.05, 3.63) is 90.9 Å². The third kappa shape index (κ3) is 13.3. The smallest absolute Gasteiger partial charge is 0.306 e. The Labute approximate surface area is 366 Å². The molecular weight excluding hydrogens is 904 g/mol. The maximum absolute atomic E-state index is 10.9. The van der Waals surface area contributed by atoms with Gasteiger partial charge in [0, 0.05) is 37.3 Å². The number of aliphatic hydroxyl groups excluding tert-OH is 2. The second-order valence-electron chi connectivity index (χ2n) is 15.5. The van der Waals surface area contributed by atoms with Crippen molar-refractivity contribution >= 4 is 43.8 Å². The molecule has 0 saturated heterocycles. The zero-order valence-electron chi connectivity index (χ0n) is 33.7. The minimum atomic E-state index is -1.06. The lowest BCUT2D eigenvalue weighted by molar-refractivity contribution is -0.140. The van der Waals surface area contributed by atoms with Crippen molar-refractivity contribution < 1.29 is 49.0 Å². The topological polar surface area (TPSA) is 202 Å². The zero-order chi connectivity index (χ0) is 42.8. The van der Waals surface area contributed by atoms with E-state index >= 15 is 0 Å². The van der Waals surface area contributed by atoms with Gasteiger partial charge in [-0.15, -0.1) is 0 Å². The number of hydrogen-bond donors (Lipinski definition) is 6. The largest absolute Gasteiger partial charge is 0.481 e. The van der Waals surface area contributed by atoms with Crippen LogP contribution in [-0.4, -0.2) is 80.8 Å². The van der Waals surface area contributed by atoms with Gasteiger partial charge in [0.25, 0.3) is 0 Å². The third-order valence-corrected chi connectivity index (χ3v) is 11.5. The Bertz CT molecular complexity index is 1980. The van der Waals surface area contributed by atoms with E-state index < -0.39 is 24.1 Å². The summed E-state index contributed by atoms with van der Waals surface area (Å²) in [5.41, 5.74) is 7.73. The molecule has 6 N–H and O–H groups in total. The number of ether oxygens (including phenoxy) is 4. The molecule has 14 nitrogen and oxygen atoms in total. The second kappa shape index (κ2) is 21.5. The fourth-order valence-corrected chi connectivity index (χ4v) is 7.46. The van der Waals surface area contributed by atoms with Gasteiger partial charge in [-0.3, -0.25) is 9.59 Å². The summed E-state index contributed by atoms with van der Waals surface area (Å²) >= 11 is 7.23. The summed E-state index contributed by atoms with van der Waals surface area (Å²) in [6.07, 6.45) is 1.76. The number of nitrogens with zero attached hydrogens (tertiary/aromatic N) is 2. The molecule has 0 aliphatic heterocycles. The quantitative estimate of drug-likeness (QED) is 0.0402. The summed E-state index contributed by atoms with van der Waals surface area (Å²) in [6.45, 7) is 6.63. The summed E-state index contributed by atoms with van der Waals surface area (Å²) in [7, 11) is 0. The number of benzene rings is 2. The highest BCUT2D eigenvalue weighted by Crippen LogP contribution is 2.36. The molecule has 322 valence electrons. The van der Waals surface area contributed by atoms with Crippen molar-refractivity contribution in [1.29, 1.82) is 0 Å². The van der Waals surface area contributed by atoms with Crippen molar-refractivity contribution in [2.75, 3.05) is 26.3 Å². The third-order valence-electron chi connectivity index (χ3n) is 10.4. The molecule has 2 atom stereocenters. The van der Waals surface area contributed by atoms with Gasteiger partial charge in [0.2, 0.25) is 23.5 Å². The number of nitrogens with one attached hydrogen (secondary N) is 2. The standard InChI is InChI=1S/C44H52Br2N4O10/c1-25-29(23-59-43-37(45)13-31(17-47-19-33(51)15-39(53)54)41(49-43)57-21-27-9-10-27)5-3-7-35(25)36-8-4-6-30(26(36)2)24-60-44-38(46)14-32(18-48-20-34(52)16-40(55)56)42(50-44)58-22-28-11-12-28/h3-8,13-14,27-28,33-34,47-48,51-52H,9-12,15-24H2,1-2H3,(H,53,54)(H,55,56). The first-order valence-corrected chi connectivity index (χ1v) is 21.7. The number of aliphatic hydroxyl groups is 2. The van der Waals surface area contributed by atoms with Gasteiger partial charge in [0.15, 0.2) is 0 Å². The molecule has 16 heteroatoms. The van der Waals surface area contributed by atoms with Crippen LogP contribution in [0.15, 0.2) is 57.5 Å². The number of halogens is 2. The summed E-state index contributed by atoms with van der Waals surface area (Å²) in [5, 5.41) is 44.1. The van der Waals surface area contributed by atoms with E-state index in [1.165, 1.54) is 0 Å². The number of rotatable bonds is 25. The van der Waals surface area contributed by atoms with Gasteiger partial charge in [-0.05, 0) is 129 Å². The van der Waals surface area contributed by atoms with Gasteiger partial charge in [-0.2, -0.15) is 9.97 Å². The molecule has 2 fully saturated rings. The first kappa shape index (κ1) is 45.2. The van der Waals surface area contributed by atoms with Gasteiger partial charge in [-0.25, -0.2) is 0 Å². The SMILES string of the molecule is Cc1c(COc2nc(OCC3CC3)c(CNCC(O)CC(=O)O)cc2Br)cccc1-c1cccc(COc2nc(OCC3CC3)c(CNCC(O)CC(=O)O)cc2Br)c1C. The first-order valence-electron chi connectivity index (χ1n) is 20.1. The highest BCUT2D eigenvalue weighted by molar-refractivity contribution is 9.10. The molecule has 0 radical (unpaired) electrons. The summed E-state index contributed by atoms with van der Waals surface area (Å²) in [6, 6.07) is 16.0. The van der Waals surface area contributed by atoms with Crippen molar-refractivity contribution in [2.24, 2.45) is 11.8 Å². The monoisotopic (exact) mass is 954 g/mol. The van der Waals surface area contributed by atoms with E-state index in [-0.39, 0.29) is 39.1 Å². The number of carboxylic acid groups (broad SMARTS) is 2. The van der Waals surface area contributed by atoms with Crippen LogP contribution in [-0.2, 0) is 35.9 Å². The molecule has 4 aromatic rings. The van der Waals surface area contributed by atoms with Crippen LogP contribution >= 0.6 is 31.9 Å². The van der Waals surface area contributed by atoms with E-state index in [0.29, 0.717) is 70.6 Å². The Morgan fingerprint density at radius 1 is 0.650 bits per heavy atom. The zero-order valence-corrected chi connectivity index (χ0v) is 36.9. The molecular formula is C44H52Br2N4O10. The van der Waals surface area contributed by atoms with E-state index in [0.717, 1.165) is 70.2 Å². The van der Waals surface area contributed by atoms with Crippen LogP contribution in [0.3, 0.4) is 0 Å². The van der Waals surface area contributed by atoms with E-state index in [4.69, 9.17) is 39.1 Å². The molecule has 2 aliphatic rings. The maximum atomic E-state index is 10.9. The Morgan fingerprint density at radius 3 is 1.42 bits per heavy atom. The van der Waals surface area contributed by atoms with Crippen LogP contribution in [0.2, 0.25) is 0 Å². The number of carboxylic acids is 2. The van der Waals surface area contributed by atoms with Crippen LogP contribution < -0.4 is 29.6 Å². The minimum absolute atomic E-state index is 0.112. The Morgan fingerprint density at radius 2 is 1.05 bits per heavy atom. The molecule has 60 heavy (non-hydrogen) atoms. The number of aromatic nitrogens is 2. The predicted molar refractivity (Wildman–Crippen MR) is 230 cm³/mol. The van der Waals surface area contributed by atoms with Gasteiger partial charge in [-0.1, -0.05) is 36.4 Å². The highest BCUT2D eigenvalue weighted by atomic mass is 79.9. The normalized spacial score (nSPS) is 14.7. The van der Waals surface area contributed by atoms with Gasteiger partial charge >= 0.3 is 11.9 Å². The van der Waals surface area contributed by atoms with Crippen LogP contribution in [0, 0.1) is 25.7 Å². The first-order chi connectivity index (χ1) is 28.8. The Hall–Kier alpha value is -4.32. The van der Waals surface area contributed by atoms with Gasteiger partial charge in [0.1, 0.15) is 13.2 Å². The Balaban J connectivity index is 1.13. The van der Waals surface area contributed by atoms with Crippen LogP contribution in [0.5, 0.6) is 23.5 Å². The van der Waals surface area contributed by atoms with E-state index in [9.17, 15) is 19.8 Å². The second-order valence-corrected chi connectivity index (χ2v) is 17.2. The maximum Gasteiger partial charge on any atom is 0.306 e. The molecule has 2 unspecified atom stereocenters. The minimum Gasteiger partial charge on any atom is -0.481 e. The summed E-state index contributed by atoms with van der Waals surface area (Å²) < 4.78 is 26.1. The van der Waals surface area contributed by atoms with Crippen LogP contribution in [0.1, 0.15) is 71.9 Å². The Kier molecular flexibility index (Phi) is 16.2.